The maximum Gasteiger partial charge on any atom is 0.256 e. The van der Waals surface area contributed by atoms with E-state index in [4.69, 9.17) is 0 Å². The number of nitrogens with one attached hydrogen (secondary N) is 1. The molecule has 0 aliphatic heterocycles. The molecule has 1 amide bonds. The van der Waals surface area contributed by atoms with Crippen LogP contribution in [0.4, 0.5) is 14.6 Å². The maximum absolute atomic E-state index is 13.5. The van der Waals surface area contributed by atoms with Crippen molar-refractivity contribution in [3.8, 4) is 16.9 Å². The molecule has 138 valence electrons. The highest BCUT2D eigenvalue weighted by Crippen LogP contribution is 2.25. The normalized spacial score (nSPS) is 10.6. The molecular formula is C22H15F2N3O. The fourth-order valence-corrected chi connectivity index (χ4v) is 2.81. The summed E-state index contributed by atoms with van der Waals surface area (Å²) >= 11 is 0. The number of benzene rings is 3. The summed E-state index contributed by atoms with van der Waals surface area (Å²) < 4.78 is 28.2. The topological polar surface area (TPSA) is 46.9 Å². The van der Waals surface area contributed by atoms with E-state index in [-0.39, 0.29) is 5.56 Å². The zero-order valence-electron chi connectivity index (χ0n) is 14.6. The maximum atomic E-state index is 13.5. The second-order valence-corrected chi connectivity index (χ2v) is 6.11. The van der Waals surface area contributed by atoms with Crippen molar-refractivity contribution in [2.24, 2.45) is 0 Å². The van der Waals surface area contributed by atoms with E-state index in [1.807, 2.05) is 60.7 Å². The van der Waals surface area contributed by atoms with E-state index in [9.17, 15) is 13.6 Å². The Labute approximate surface area is 160 Å². The molecule has 0 bridgehead atoms. The molecule has 4 rings (SSSR count). The Morgan fingerprint density at radius 1 is 0.821 bits per heavy atom. The quantitative estimate of drug-likeness (QED) is 0.541. The molecular weight excluding hydrogens is 360 g/mol. The lowest BCUT2D eigenvalue weighted by Gasteiger charge is -2.09. The number of hydrogen-bond acceptors (Lipinski definition) is 2. The van der Waals surface area contributed by atoms with Gasteiger partial charge in [-0.1, -0.05) is 48.5 Å². The first-order chi connectivity index (χ1) is 13.6. The van der Waals surface area contributed by atoms with Gasteiger partial charge in [0.1, 0.15) is 5.82 Å². The summed E-state index contributed by atoms with van der Waals surface area (Å²) in [6.07, 6.45) is 0. The van der Waals surface area contributed by atoms with E-state index in [1.54, 1.807) is 10.7 Å². The largest absolute Gasteiger partial charge is 0.306 e. The average molecular weight is 375 g/mol. The number of halogens is 2. The van der Waals surface area contributed by atoms with Gasteiger partial charge in [0.2, 0.25) is 0 Å². The number of carbonyl (C=O) groups is 1. The van der Waals surface area contributed by atoms with Crippen molar-refractivity contribution in [3.63, 3.8) is 0 Å². The van der Waals surface area contributed by atoms with E-state index in [1.165, 1.54) is 6.07 Å². The van der Waals surface area contributed by atoms with E-state index in [2.05, 4.69) is 10.4 Å². The van der Waals surface area contributed by atoms with Crippen LogP contribution in [0.5, 0.6) is 0 Å². The van der Waals surface area contributed by atoms with Gasteiger partial charge in [-0.05, 0) is 30.3 Å². The lowest BCUT2D eigenvalue weighted by molar-refractivity contribution is 0.102. The number of aromatic nitrogens is 2. The zero-order valence-corrected chi connectivity index (χ0v) is 14.6. The summed E-state index contributed by atoms with van der Waals surface area (Å²) in [7, 11) is 0. The second-order valence-electron chi connectivity index (χ2n) is 6.11. The van der Waals surface area contributed by atoms with E-state index < -0.39 is 17.5 Å². The fraction of sp³-hybridized carbons (Fsp3) is 0. The lowest BCUT2D eigenvalue weighted by Crippen LogP contribution is -2.15. The van der Waals surface area contributed by atoms with Gasteiger partial charge >= 0.3 is 0 Å². The number of anilines is 1. The van der Waals surface area contributed by atoms with Gasteiger partial charge in [0.15, 0.2) is 11.6 Å². The first-order valence-corrected chi connectivity index (χ1v) is 8.59. The first-order valence-electron chi connectivity index (χ1n) is 8.59. The molecule has 0 saturated carbocycles. The number of carbonyl (C=O) groups excluding carboxylic acids is 1. The van der Waals surface area contributed by atoms with Gasteiger partial charge in [-0.2, -0.15) is 5.10 Å². The molecule has 1 N–H and O–H groups in total. The van der Waals surface area contributed by atoms with Crippen LogP contribution in [0.3, 0.4) is 0 Å². The molecule has 28 heavy (non-hydrogen) atoms. The highest BCUT2D eigenvalue weighted by Gasteiger charge is 2.16. The summed E-state index contributed by atoms with van der Waals surface area (Å²) in [5.74, 6) is -2.22. The van der Waals surface area contributed by atoms with Crippen LogP contribution >= 0.6 is 0 Å². The van der Waals surface area contributed by atoms with Crippen LogP contribution in [-0.4, -0.2) is 15.7 Å². The molecule has 0 unspecified atom stereocenters. The standard InChI is InChI=1S/C22H15F2N3O/c23-18-12-11-16(13-19(18)24)22(28)25-21-14-20(15-7-3-1-4-8-15)26-27(21)17-9-5-2-6-10-17/h1-14H,(H,25,28). The van der Waals surface area contributed by atoms with Crippen molar-refractivity contribution >= 4 is 11.7 Å². The van der Waals surface area contributed by atoms with Crippen molar-refractivity contribution in [1.29, 1.82) is 0 Å². The second kappa shape index (κ2) is 7.44. The third-order valence-corrected chi connectivity index (χ3v) is 4.20. The smallest absolute Gasteiger partial charge is 0.256 e. The van der Waals surface area contributed by atoms with Crippen molar-refractivity contribution < 1.29 is 13.6 Å². The minimum atomic E-state index is -1.07. The molecule has 4 nitrogen and oxygen atoms in total. The molecule has 1 heterocycles. The number of para-hydroxylation sites is 1. The summed E-state index contributed by atoms with van der Waals surface area (Å²) in [5.41, 5.74) is 2.33. The van der Waals surface area contributed by atoms with Crippen molar-refractivity contribution in [1.82, 2.24) is 9.78 Å². The summed E-state index contributed by atoms with van der Waals surface area (Å²) in [4.78, 5) is 12.6. The van der Waals surface area contributed by atoms with Crippen molar-refractivity contribution in [2.45, 2.75) is 0 Å². The minimum Gasteiger partial charge on any atom is -0.306 e. The summed E-state index contributed by atoms with van der Waals surface area (Å²) in [5, 5.41) is 7.33. The molecule has 4 aromatic rings. The molecule has 0 atom stereocenters. The number of amides is 1. The fourth-order valence-electron chi connectivity index (χ4n) is 2.81. The van der Waals surface area contributed by atoms with Crippen LogP contribution in [0.15, 0.2) is 84.9 Å². The average Bonchev–Trinajstić information content (AvgIpc) is 3.15. The van der Waals surface area contributed by atoms with E-state index >= 15 is 0 Å². The third kappa shape index (κ3) is 3.53. The molecule has 0 saturated heterocycles. The predicted molar refractivity (Wildman–Crippen MR) is 103 cm³/mol. The Balaban J connectivity index is 1.73. The Hall–Kier alpha value is -3.80. The van der Waals surface area contributed by atoms with Gasteiger partial charge in [-0.3, -0.25) is 4.79 Å². The van der Waals surface area contributed by atoms with Crippen LogP contribution < -0.4 is 5.32 Å². The lowest BCUT2D eigenvalue weighted by atomic mass is 10.1. The molecule has 0 aliphatic rings. The minimum absolute atomic E-state index is 0.0148. The summed E-state index contributed by atoms with van der Waals surface area (Å²) in [6.45, 7) is 0. The Kier molecular flexibility index (Phi) is 4.68. The van der Waals surface area contributed by atoms with Crippen molar-refractivity contribution in [3.05, 3.63) is 102 Å². The van der Waals surface area contributed by atoms with Gasteiger partial charge in [0.25, 0.3) is 5.91 Å². The van der Waals surface area contributed by atoms with Gasteiger partial charge in [0, 0.05) is 17.2 Å². The SMILES string of the molecule is O=C(Nc1cc(-c2ccccc2)nn1-c1ccccc1)c1ccc(F)c(F)c1. The molecule has 0 fully saturated rings. The van der Waals surface area contributed by atoms with Crippen molar-refractivity contribution in [2.75, 3.05) is 5.32 Å². The Bertz CT molecular complexity index is 1130. The molecule has 0 aliphatic carbocycles. The molecule has 1 aromatic heterocycles. The van der Waals surface area contributed by atoms with Gasteiger partial charge in [-0.15, -0.1) is 0 Å². The van der Waals surface area contributed by atoms with Crippen LogP contribution in [-0.2, 0) is 0 Å². The first kappa shape index (κ1) is 17.6. The van der Waals surface area contributed by atoms with Gasteiger partial charge in [0.05, 0.1) is 11.4 Å². The third-order valence-electron chi connectivity index (χ3n) is 4.20. The zero-order chi connectivity index (χ0) is 19.5. The van der Waals surface area contributed by atoms with Crippen LogP contribution in [0.25, 0.3) is 16.9 Å². The number of rotatable bonds is 4. The van der Waals surface area contributed by atoms with E-state index in [0.717, 1.165) is 23.4 Å². The van der Waals surface area contributed by atoms with Crippen LogP contribution in [0.1, 0.15) is 10.4 Å². The van der Waals surface area contributed by atoms with Gasteiger partial charge in [-0.25, -0.2) is 13.5 Å². The highest BCUT2D eigenvalue weighted by atomic mass is 19.2. The monoisotopic (exact) mass is 375 g/mol. The number of nitrogens with zero attached hydrogens (tertiary/aromatic N) is 2. The summed E-state index contributed by atoms with van der Waals surface area (Å²) in [6, 6.07) is 23.6. The predicted octanol–water partition coefficient (Wildman–Crippen LogP) is 5.07. The molecule has 6 heteroatoms. The molecule has 0 radical (unpaired) electrons. The molecule has 3 aromatic carbocycles. The van der Waals surface area contributed by atoms with Gasteiger partial charge < -0.3 is 5.32 Å². The molecule has 0 spiro atoms. The van der Waals surface area contributed by atoms with Crippen LogP contribution in [0.2, 0.25) is 0 Å². The highest BCUT2D eigenvalue weighted by molar-refractivity contribution is 6.04. The van der Waals surface area contributed by atoms with E-state index in [0.29, 0.717) is 11.5 Å². The number of hydrogen-bond donors (Lipinski definition) is 1. The Morgan fingerprint density at radius 2 is 1.50 bits per heavy atom. The van der Waals surface area contributed by atoms with Crippen LogP contribution in [0, 0.1) is 11.6 Å². The Morgan fingerprint density at radius 3 is 2.18 bits per heavy atom.